The maximum atomic E-state index is 6.24. The number of hydrogen-bond donors (Lipinski definition) is 1. The van der Waals surface area contributed by atoms with Gasteiger partial charge in [0.25, 0.3) is 0 Å². The maximum absolute atomic E-state index is 6.24. The van der Waals surface area contributed by atoms with Crippen molar-refractivity contribution in [2.24, 2.45) is 5.41 Å². The van der Waals surface area contributed by atoms with E-state index in [2.05, 4.69) is 83.9 Å². The summed E-state index contributed by atoms with van der Waals surface area (Å²) in [6.07, 6.45) is 5.05. The van der Waals surface area contributed by atoms with Crippen molar-refractivity contribution in [3.63, 3.8) is 0 Å². The van der Waals surface area contributed by atoms with Gasteiger partial charge >= 0.3 is 0 Å². The minimum absolute atomic E-state index is 0.143. The van der Waals surface area contributed by atoms with E-state index in [1.807, 2.05) is 13.1 Å². The van der Waals surface area contributed by atoms with Gasteiger partial charge in [-0.1, -0.05) is 19.9 Å². The van der Waals surface area contributed by atoms with Gasteiger partial charge in [0, 0.05) is 35.1 Å². The highest BCUT2D eigenvalue weighted by Gasteiger charge is 2.32. The molecule has 0 bridgehead atoms. The van der Waals surface area contributed by atoms with Crippen molar-refractivity contribution in [3.8, 4) is 16.9 Å². The van der Waals surface area contributed by atoms with E-state index in [0.717, 1.165) is 83.4 Å². The Labute approximate surface area is 224 Å². The van der Waals surface area contributed by atoms with Gasteiger partial charge in [0.15, 0.2) is 5.65 Å². The largest absolute Gasteiger partial charge is 0.491 e. The zero-order chi connectivity index (χ0) is 26.6. The molecule has 4 aromatic rings. The van der Waals surface area contributed by atoms with Gasteiger partial charge in [-0.25, -0.2) is 19.9 Å². The van der Waals surface area contributed by atoms with Crippen molar-refractivity contribution in [1.82, 2.24) is 29.8 Å². The molecule has 6 rings (SSSR count). The molecule has 0 fully saturated rings. The first kappa shape index (κ1) is 24.8. The molecule has 198 valence electrons. The Morgan fingerprint density at radius 2 is 1.95 bits per heavy atom. The minimum Gasteiger partial charge on any atom is -0.491 e. The first-order chi connectivity index (χ1) is 18.2. The number of imidazole rings is 1. The Morgan fingerprint density at radius 3 is 2.76 bits per heavy atom. The van der Waals surface area contributed by atoms with Crippen LogP contribution in [-0.4, -0.2) is 57.1 Å². The van der Waals surface area contributed by atoms with E-state index in [1.54, 1.807) is 0 Å². The van der Waals surface area contributed by atoms with Gasteiger partial charge in [-0.05, 0) is 76.4 Å². The number of H-pyrrole nitrogens is 1. The lowest BCUT2D eigenvalue weighted by molar-refractivity contribution is 0.296. The average Bonchev–Trinajstić information content (AvgIpc) is 3.12. The smallest absolute Gasteiger partial charge is 0.157 e. The number of aryl methyl sites for hydroxylation is 2. The summed E-state index contributed by atoms with van der Waals surface area (Å²) in [5, 5.41) is 0. The van der Waals surface area contributed by atoms with Crippen molar-refractivity contribution >= 4 is 17.0 Å². The van der Waals surface area contributed by atoms with Gasteiger partial charge < -0.3 is 14.6 Å². The molecule has 1 unspecified atom stereocenters. The second-order valence-corrected chi connectivity index (χ2v) is 11.8. The van der Waals surface area contributed by atoms with Gasteiger partial charge in [-0.2, -0.15) is 0 Å². The van der Waals surface area contributed by atoms with E-state index in [-0.39, 0.29) is 11.5 Å². The Morgan fingerprint density at radius 1 is 1.11 bits per heavy atom. The maximum Gasteiger partial charge on any atom is 0.157 e. The number of nitrogens with zero attached hydrogens (tertiary/aromatic N) is 6. The first-order valence-corrected chi connectivity index (χ1v) is 13.6. The number of rotatable bonds is 4. The Hall–Kier alpha value is -3.52. The number of benzene rings is 1. The standard InChI is InChI=1S/C30H37N7O/c1-18(36(5)6)27-34-24-9-10-30(3,4)15-23(24)29(35-27)37-11-12-38-26-8-7-20(13-22(26)17-37)21-14-25-28(31-16-21)33-19(2)32-25/h7-8,13-14,16,18H,9-12,15,17H2,1-6H3,(H,31,32,33). The molecule has 0 amide bonds. The molecule has 0 spiro atoms. The van der Waals surface area contributed by atoms with E-state index < -0.39 is 0 Å². The average molecular weight is 512 g/mol. The van der Waals surface area contributed by atoms with Crippen LogP contribution in [0.25, 0.3) is 22.3 Å². The predicted octanol–water partition coefficient (Wildman–Crippen LogP) is 5.26. The number of nitrogens with one attached hydrogen (secondary N) is 1. The number of hydrogen-bond acceptors (Lipinski definition) is 7. The van der Waals surface area contributed by atoms with Crippen LogP contribution in [0, 0.1) is 12.3 Å². The summed E-state index contributed by atoms with van der Waals surface area (Å²) < 4.78 is 6.24. The van der Waals surface area contributed by atoms with Crippen LogP contribution in [0.4, 0.5) is 5.82 Å². The summed E-state index contributed by atoms with van der Waals surface area (Å²) in [7, 11) is 4.18. The molecule has 4 heterocycles. The van der Waals surface area contributed by atoms with Crippen LogP contribution in [0.3, 0.4) is 0 Å². The van der Waals surface area contributed by atoms with Crippen molar-refractivity contribution < 1.29 is 4.74 Å². The SMILES string of the molecule is Cc1nc2cc(-c3ccc4c(c3)CN(c3nc(C(C)N(C)C)nc5c3CC(C)(C)CC5)CCO4)cnc2[nH]1. The molecular formula is C30H37N7O. The Kier molecular flexibility index (Phi) is 6.10. The molecule has 0 saturated carbocycles. The minimum atomic E-state index is 0.143. The van der Waals surface area contributed by atoms with Gasteiger partial charge in [-0.15, -0.1) is 0 Å². The lowest BCUT2D eigenvalue weighted by Crippen LogP contribution is -2.33. The predicted molar refractivity (Wildman–Crippen MR) is 151 cm³/mol. The molecule has 0 radical (unpaired) electrons. The molecule has 1 aliphatic carbocycles. The van der Waals surface area contributed by atoms with Gasteiger partial charge in [0.05, 0.1) is 12.6 Å². The first-order valence-electron chi connectivity index (χ1n) is 13.6. The number of ether oxygens (including phenoxy) is 1. The summed E-state index contributed by atoms with van der Waals surface area (Å²) in [5.74, 6) is 3.78. The number of aromatic nitrogens is 5. The van der Waals surface area contributed by atoms with Gasteiger partial charge in [-0.3, -0.25) is 4.90 Å². The number of pyridine rings is 1. The summed E-state index contributed by atoms with van der Waals surface area (Å²) >= 11 is 0. The van der Waals surface area contributed by atoms with E-state index >= 15 is 0 Å². The number of anilines is 1. The zero-order valence-corrected chi connectivity index (χ0v) is 23.3. The Balaban J connectivity index is 1.40. The molecule has 1 atom stereocenters. The normalized spacial score (nSPS) is 17.6. The highest BCUT2D eigenvalue weighted by molar-refractivity contribution is 5.78. The third kappa shape index (κ3) is 4.62. The van der Waals surface area contributed by atoms with Crippen LogP contribution in [0.1, 0.15) is 61.7 Å². The molecule has 2 aliphatic rings. The van der Waals surface area contributed by atoms with E-state index in [1.165, 1.54) is 11.3 Å². The van der Waals surface area contributed by atoms with E-state index in [9.17, 15) is 0 Å². The van der Waals surface area contributed by atoms with Crippen molar-refractivity contribution in [3.05, 3.63) is 58.9 Å². The second kappa shape index (κ2) is 9.34. The molecule has 0 saturated heterocycles. The molecular weight excluding hydrogens is 474 g/mol. The molecule has 1 aromatic carbocycles. The van der Waals surface area contributed by atoms with E-state index in [0.29, 0.717) is 6.61 Å². The topological polar surface area (TPSA) is 83.1 Å². The molecule has 8 heteroatoms. The molecule has 3 aromatic heterocycles. The molecule has 38 heavy (non-hydrogen) atoms. The fourth-order valence-electron chi connectivity index (χ4n) is 5.55. The van der Waals surface area contributed by atoms with Crippen molar-refractivity contribution in [2.75, 3.05) is 32.1 Å². The monoisotopic (exact) mass is 511 g/mol. The summed E-state index contributed by atoms with van der Waals surface area (Å²) in [6, 6.07) is 8.68. The van der Waals surface area contributed by atoms with Gasteiger partial charge in [0.1, 0.15) is 35.3 Å². The van der Waals surface area contributed by atoms with Crippen LogP contribution in [0.2, 0.25) is 0 Å². The van der Waals surface area contributed by atoms with Crippen LogP contribution in [0.15, 0.2) is 30.5 Å². The fourth-order valence-corrected chi connectivity index (χ4v) is 5.55. The Bertz CT molecular complexity index is 1510. The second-order valence-electron chi connectivity index (χ2n) is 11.8. The summed E-state index contributed by atoms with van der Waals surface area (Å²) in [5.41, 5.74) is 7.76. The third-order valence-electron chi connectivity index (χ3n) is 8.06. The van der Waals surface area contributed by atoms with Crippen LogP contribution in [0.5, 0.6) is 5.75 Å². The van der Waals surface area contributed by atoms with Crippen LogP contribution < -0.4 is 9.64 Å². The molecule has 8 nitrogen and oxygen atoms in total. The third-order valence-corrected chi connectivity index (χ3v) is 8.06. The lowest BCUT2D eigenvalue weighted by Gasteiger charge is -2.35. The van der Waals surface area contributed by atoms with E-state index in [4.69, 9.17) is 14.7 Å². The zero-order valence-electron chi connectivity index (χ0n) is 23.3. The highest BCUT2D eigenvalue weighted by atomic mass is 16.5. The number of fused-ring (bicyclic) bond motifs is 3. The highest BCUT2D eigenvalue weighted by Crippen LogP contribution is 2.40. The van der Waals surface area contributed by atoms with Crippen molar-refractivity contribution in [1.29, 1.82) is 0 Å². The van der Waals surface area contributed by atoms with Crippen LogP contribution >= 0.6 is 0 Å². The lowest BCUT2D eigenvalue weighted by atomic mass is 9.76. The summed E-state index contributed by atoms with van der Waals surface area (Å²) in [4.78, 5) is 27.3. The van der Waals surface area contributed by atoms with Gasteiger partial charge in [0.2, 0.25) is 0 Å². The number of aromatic amines is 1. The molecule has 1 N–H and O–H groups in total. The van der Waals surface area contributed by atoms with Crippen LogP contribution in [-0.2, 0) is 19.4 Å². The quantitative estimate of drug-likeness (QED) is 0.400. The van der Waals surface area contributed by atoms with Crippen molar-refractivity contribution in [2.45, 2.75) is 59.5 Å². The summed E-state index contributed by atoms with van der Waals surface area (Å²) in [6.45, 7) is 11.0. The molecule has 1 aliphatic heterocycles. The fraction of sp³-hybridized carbons (Fsp3) is 0.467.